The molecule has 0 spiro atoms. The maximum atomic E-state index is 11.4. The van der Waals surface area contributed by atoms with Crippen LogP contribution in [0, 0.1) is 5.92 Å². The molecule has 0 radical (unpaired) electrons. The zero-order valence-electron chi connectivity index (χ0n) is 18.0. The Balaban J connectivity index is 0.000000153. The predicted molar refractivity (Wildman–Crippen MR) is 112 cm³/mol. The highest BCUT2D eigenvalue weighted by Gasteiger charge is 2.65. The third kappa shape index (κ3) is 4.14. The van der Waals surface area contributed by atoms with E-state index in [9.17, 15) is 19.5 Å². The van der Waals surface area contributed by atoms with Gasteiger partial charge in [0.25, 0.3) is 0 Å². The molecule has 1 aromatic rings. The molecule has 8 heteroatoms. The van der Waals surface area contributed by atoms with Crippen LogP contribution in [0.15, 0.2) is 42.5 Å². The molecule has 6 atom stereocenters. The van der Waals surface area contributed by atoms with E-state index in [1.807, 2.05) is 6.07 Å². The normalized spacial score (nSPS) is 30.6. The molecule has 0 saturated carbocycles. The van der Waals surface area contributed by atoms with Crippen molar-refractivity contribution in [2.75, 3.05) is 0 Å². The molecule has 1 aliphatic carbocycles. The minimum atomic E-state index is -0.461. The summed E-state index contributed by atoms with van der Waals surface area (Å²) in [6, 6.07) is 5.25. The first-order valence-electron chi connectivity index (χ1n) is 10.5. The molecule has 5 rings (SSSR count). The summed E-state index contributed by atoms with van der Waals surface area (Å²) in [7, 11) is 0. The van der Waals surface area contributed by atoms with Crippen LogP contribution in [0.2, 0.25) is 0 Å². The molecule has 3 fully saturated rings. The lowest BCUT2D eigenvalue weighted by Gasteiger charge is -2.22. The Morgan fingerprint density at radius 2 is 1.69 bits per heavy atom. The number of benzene rings is 1. The first kappa shape index (κ1) is 22.1. The monoisotopic (exact) mass is 442 g/mol. The summed E-state index contributed by atoms with van der Waals surface area (Å²) in [5, 5.41) is 9.33. The Kier molecular flexibility index (Phi) is 5.81. The summed E-state index contributed by atoms with van der Waals surface area (Å²) in [6.45, 7) is 10.3. The van der Waals surface area contributed by atoms with Crippen LogP contribution < -0.4 is 0 Å². The second-order valence-corrected chi connectivity index (χ2v) is 8.70. The molecule has 3 aliphatic heterocycles. The fourth-order valence-corrected chi connectivity index (χ4v) is 4.51. The van der Waals surface area contributed by atoms with E-state index in [1.54, 1.807) is 26.0 Å². The molecule has 3 heterocycles. The topological polar surface area (TPSA) is 108 Å². The molecular formula is C24H26O8. The Bertz CT molecular complexity index is 996. The molecular weight excluding hydrogens is 416 g/mol. The van der Waals surface area contributed by atoms with Crippen LogP contribution in [0.5, 0.6) is 5.75 Å². The van der Waals surface area contributed by atoms with Gasteiger partial charge in [0.05, 0.1) is 12.0 Å². The van der Waals surface area contributed by atoms with Crippen molar-refractivity contribution in [1.82, 2.24) is 0 Å². The standard InChI is InChI=1S/C13H14O3.C11H12O5/c1-8(2)13(15)16-12-6-9-3-4-11(14)5-10(9)7-12;1-4(2)10(12)15-8-6-3-5-7(14-6)9(8)16-11(5)13/h3-5,12,14H,1,6-7H2,2H3;5-9H,1,3H2,2H3. The first-order valence-corrected chi connectivity index (χ1v) is 10.5. The van der Waals surface area contributed by atoms with Crippen molar-refractivity contribution in [2.45, 2.75) is 63.6 Å². The van der Waals surface area contributed by atoms with Crippen molar-refractivity contribution in [3.63, 3.8) is 0 Å². The van der Waals surface area contributed by atoms with Gasteiger partial charge in [0.15, 0.2) is 12.2 Å². The van der Waals surface area contributed by atoms with Gasteiger partial charge in [-0.2, -0.15) is 0 Å². The lowest BCUT2D eigenvalue weighted by atomic mass is 9.88. The number of carbonyl (C=O) groups is 3. The van der Waals surface area contributed by atoms with E-state index in [0.29, 0.717) is 30.4 Å². The van der Waals surface area contributed by atoms with Crippen LogP contribution in [0.1, 0.15) is 31.4 Å². The van der Waals surface area contributed by atoms with Crippen LogP contribution in [0.4, 0.5) is 0 Å². The van der Waals surface area contributed by atoms with Crippen molar-refractivity contribution < 1.29 is 38.4 Å². The van der Waals surface area contributed by atoms with Crippen LogP contribution >= 0.6 is 0 Å². The van der Waals surface area contributed by atoms with Crippen LogP contribution in [0.25, 0.3) is 0 Å². The minimum absolute atomic E-state index is 0.124. The number of esters is 3. The number of rotatable bonds is 4. The van der Waals surface area contributed by atoms with E-state index in [4.69, 9.17) is 18.9 Å². The van der Waals surface area contributed by atoms with E-state index >= 15 is 0 Å². The molecule has 32 heavy (non-hydrogen) atoms. The Hall–Kier alpha value is -3.13. The molecule has 0 aromatic heterocycles. The first-order chi connectivity index (χ1) is 15.1. The second kappa shape index (κ2) is 8.43. The number of hydrogen-bond donors (Lipinski definition) is 1. The van der Waals surface area contributed by atoms with Crippen LogP contribution in [-0.4, -0.2) is 53.5 Å². The molecule has 2 bridgehead atoms. The summed E-state index contributed by atoms with van der Waals surface area (Å²) < 4.78 is 21.3. The maximum absolute atomic E-state index is 11.4. The average molecular weight is 442 g/mol. The van der Waals surface area contributed by atoms with Crippen molar-refractivity contribution in [3.05, 3.63) is 53.6 Å². The Morgan fingerprint density at radius 1 is 1.03 bits per heavy atom. The fraction of sp³-hybridized carbons (Fsp3) is 0.458. The van der Waals surface area contributed by atoms with Gasteiger partial charge in [-0.3, -0.25) is 4.79 Å². The van der Waals surface area contributed by atoms with Gasteiger partial charge in [0.1, 0.15) is 18.0 Å². The van der Waals surface area contributed by atoms with Gasteiger partial charge >= 0.3 is 17.9 Å². The highest BCUT2D eigenvalue weighted by atomic mass is 16.7. The molecule has 0 amide bonds. The number of aromatic hydroxyl groups is 1. The fourth-order valence-electron chi connectivity index (χ4n) is 4.51. The predicted octanol–water partition coefficient (Wildman–Crippen LogP) is 2.17. The van der Waals surface area contributed by atoms with Crippen LogP contribution in [-0.2, 0) is 46.2 Å². The van der Waals surface area contributed by atoms with Gasteiger partial charge in [-0.15, -0.1) is 0 Å². The highest BCUT2D eigenvalue weighted by Crippen LogP contribution is 2.47. The number of ether oxygens (including phenoxy) is 4. The summed E-state index contributed by atoms with van der Waals surface area (Å²) in [5.74, 6) is -0.936. The zero-order valence-corrected chi connectivity index (χ0v) is 18.0. The van der Waals surface area contributed by atoms with E-state index < -0.39 is 18.2 Å². The van der Waals surface area contributed by atoms with E-state index in [0.717, 1.165) is 11.1 Å². The van der Waals surface area contributed by atoms with E-state index in [1.165, 1.54) is 0 Å². The van der Waals surface area contributed by atoms with Crippen molar-refractivity contribution in [3.8, 4) is 5.75 Å². The number of hydrogen-bond acceptors (Lipinski definition) is 8. The van der Waals surface area contributed by atoms with Gasteiger partial charge in [-0.05, 0) is 43.5 Å². The third-order valence-corrected chi connectivity index (χ3v) is 6.08. The molecule has 8 nitrogen and oxygen atoms in total. The quantitative estimate of drug-likeness (QED) is 0.429. The molecule has 4 aliphatic rings. The van der Waals surface area contributed by atoms with Crippen molar-refractivity contribution in [2.24, 2.45) is 5.92 Å². The maximum Gasteiger partial charge on any atom is 0.333 e. The third-order valence-electron chi connectivity index (χ3n) is 6.08. The molecule has 3 saturated heterocycles. The largest absolute Gasteiger partial charge is 0.508 e. The number of carbonyl (C=O) groups excluding carboxylic acids is 3. The van der Waals surface area contributed by atoms with E-state index in [2.05, 4.69) is 13.2 Å². The van der Waals surface area contributed by atoms with Crippen LogP contribution in [0.3, 0.4) is 0 Å². The van der Waals surface area contributed by atoms with E-state index in [-0.39, 0.29) is 41.9 Å². The lowest BCUT2D eigenvalue weighted by molar-refractivity contribution is -0.157. The minimum Gasteiger partial charge on any atom is -0.508 e. The Morgan fingerprint density at radius 3 is 2.38 bits per heavy atom. The van der Waals surface area contributed by atoms with Crippen molar-refractivity contribution in [1.29, 1.82) is 0 Å². The van der Waals surface area contributed by atoms with Gasteiger partial charge in [-0.1, -0.05) is 19.2 Å². The SMILES string of the molecule is C=C(C)C(=O)OC1C2CC3C(=O)OC1C3O2.C=C(C)C(=O)OC1Cc2ccc(O)cc2C1. The highest BCUT2D eigenvalue weighted by molar-refractivity contribution is 5.87. The molecule has 1 aromatic carbocycles. The smallest absolute Gasteiger partial charge is 0.333 e. The zero-order chi connectivity index (χ0) is 23.2. The average Bonchev–Trinajstić information content (AvgIpc) is 3.44. The number of fused-ring (bicyclic) bond motifs is 2. The molecule has 170 valence electrons. The second-order valence-electron chi connectivity index (χ2n) is 8.70. The summed E-state index contributed by atoms with van der Waals surface area (Å²) in [4.78, 5) is 34.2. The Labute approximate surface area is 185 Å². The van der Waals surface area contributed by atoms with Gasteiger partial charge in [-0.25, -0.2) is 9.59 Å². The van der Waals surface area contributed by atoms with Gasteiger partial charge < -0.3 is 24.1 Å². The summed E-state index contributed by atoms with van der Waals surface area (Å²) >= 11 is 0. The van der Waals surface area contributed by atoms with Gasteiger partial charge in [0.2, 0.25) is 0 Å². The summed E-state index contributed by atoms with van der Waals surface area (Å²) in [5.41, 5.74) is 2.94. The molecule has 1 N–H and O–H groups in total. The number of phenols is 1. The van der Waals surface area contributed by atoms with Crippen molar-refractivity contribution >= 4 is 17.9 Å². The lowest BCUT2D eigenvalue weighted by Crippen LogP contribution is -2.40. The van der Waals surface area contributed by atoms with Gasteiger partial charge in [0, 0.05) is 24.0 Å². The summed E-state index contributed by atoms with van der Waals surface area (Å²) in [6.07, 6.45) is 0.554. The molecule has 6 unspecified atom stereocenters. The number of phenolic OH excluding ortho intramolecular Hbond substituents is 1.